The van der Waals surface area contributed by atoms with E-state index >= 15 is 0 Å². The number of ether oxygens (including phenoxy) is 1. The standard InChI is InChI=1S/C17H15N5O3S/c1-3-24-10-4-5-12-9(6-10)7-11-13(18)14(26-17(11)19-12)16(23)20-15-8(2)21-25-22-15/h4-7H,3,18H2,1-2H3,(H,20,22,23). The van der Waals surface area contributed by atoms with Crippen LogP contribution >= 0.6 is 11.3 Å². The number of hydrogen-bond acceptors (Lipinski definition) is 8. The normalized spacial score (nSPS) is 11.2. The molecule has 3 aromatic heterocycles. The summed E-state index contributed by atoms with van der Waals surface area (Å²) in [4.78, 5) is 18.2. The van der Waals surface area contributed by atoms with E-state index in [-0.39, 0.29) is 11.7 Å². The molecule has 0 bridgehead atoms. The highest BCUT2D eigenvalue weighted by Gasteiger charge is 2.20. The van der Waals surface area contributed by atoms with E-state index in [0.29, 0.717) is 27.7 Å². The van der Waals surface area contributed by atoms with Gasteiger partial charge in [0.05, 0.1) is 17.8 Å². The molecule has 4 aromatic rings. The Bertz CT molecular complexity index is 1130. The topological polar surface area (TPSA) is 116 Å². The zero-order valence-electron chi connectivity index (χ0n) is 14.1. The molecule has 0 aliphatic rings. The number of pyridine rings is 1. The number of rotatable bonds is 4. The number of nitrogens with zero attached hydrogens (tertiary/aromatic N) is 3. The first-order valence-electron chi connectivity index (χ1n) is 7.93. The molecule has 26 heavy (non-hydrogen) atoms. The van der Waals surface area contributed by atoms with Gasteiger partial charge in [0, 0.05) is 10.8 Å². The Morgan fingerprint density at radius 2 is 2.19 bits per heavy atom. The van der Waals surface area contributed by atoms with Crippen molar-refractivity contribution in [1.29, 1.82) is 0 Å². The minimum Gasteiger partial charge on any atom is -0.494 e. The second-order valence-electron chi connectivity index (χ2n) is 5.63. The third kappa shape index (κ3) is 2.72. The molecule has 4 rings (SSSR count). The van der Waals surface area contributed by atoms with Gasteiger partial charge in [-0.05, 0) is 43.3 Å². The zero-order valence-corrected chi connectivity index (χ0v) is 14.9. The molecule has 9 heteroatoms. The minimum atomic E-state index is -0.372. The predicted octanol–water partition coefficient (Wildman–Crippen LogP) is 3.37. The number of anilines is 2. The summed E-state index contributed by atoms with van der Waals surface area (Å²) in [5.41, 5.74) is 7.90. The van der Waals surface area contributed by atoms with Crippen LogP contribution in [0.2, 0.25) is 0 Å². The van der Waals surface area contributed by atoms with Crippen LogP contribution < -0.4 is 15.8 Å². The third-order valence-corrected chi connectivity index (χ3v) is 5.00. The molecule has 8 nitrogen and oxygen atoms in total. The van der Waals surface area contributed by atoms with Gasteiger partial charge in [0.1, 0.15) is 21.2 Å². The SMILES string of the molecule is CCOc1ccc2nc3sc(C(=O)Nc4nonc4C)c(N)c3cc2c1. The molecule has 0 saturated heterocycles. The Morgan fingerprint density at radius 1 is 1.35 bits per heavy atom. The van der Waals surface area contributed by atoms with Gasteiger partial charge < -0.3 is 15.8 Å². The van der Waals surface area contributed by atoms with Gasteiger partial charge in [-0.15, -0.1) is 11.3 Å². The largest absolute Gasteiger partial charge is 0.494 e. The molecule has 3 heterocycles. The van der Waals surface area contributed by atoms with E-state index < -0.39 is 0 Å². The van der Waals surface area contributed by atoms with Crippen molar-refractivity contribution in [2.24, 2.45) is 0 Å². The Morgan fingerprint density at radius 3 is 2.92 bits per heavy atom. The van der Waals surface area contributed by atoms with Crippen molar-refractivity contribution in [1.82, 2.24) is 15.3 Å². The number of nitrogens with one attached hydrogen (secondary N) is 1. The first-order chi connectivity index (χ1) is 12.6. The van der Waals surface area contributed by atoms with Crippen molar-refractivity contribution in [2.45, 2.75) is 13.8 Å². The monoisotopic (exact) mass is 369 g/mol. The van der Waals surface area contributed by atoms with Crippen LogP contribution in [0.3, 0.4) is 0 Å². The van der Waals surface area contributed by atoms with Crippen molar-refractivity contribution in [3.05, 3.63) is 34.8 Å². The summed E-state index contributed by atoms with van der Waals surface area (Å²) in [6.07, 6.45) is 0. The van der Waals surface area contributed by atoms with Gasteiger partial charge in [-0.25, -0.2) is 9.61 Å². The molecule has 0 atom stereocenters. The molecule has 0 saturated carbocycles. The lowest BCUT2D eigenvalue weighted by Crippen LogP contribution is -2.12. The van der Waals surface area contributed by atoms with Crippen LogP contribution in [0.15, 0.2) is 28.9 Å². The lowest BCUT2D eigenvalue weighted by atomic mass is 10.1. The van der Waals surface area contributed by atoms with Crippen LogP contribution in [0.4, 0.5) is 11.5 Å². The summed E-state index contributed by atoms with van der Waals surface area (Å²) in [6.45, 7) is 4.20. The smallest absolute Gasteiger partial charge is 0.269 e. The van der Waals surface area contributed by atoms with E-state index in [0.717, 1.165) is 22.0 Å². The highest BCUT2D eigenvalue weighted by molar-refractivity contribution is 7.21. The Hall–Kier alpha value is -3.20. The lowest BCUT2D eigenvalue weighted by molar-refractivity contribution is 0.103. The van der Waals surface area contributed by atoms with Crippen LogP contribution in [-0.4, -0.2) is 27.8 Å². The van der Waals surface area contributed by atoms with Crippen LogP contribution in [-0.2, 0) is 0 Å². The number of aryl methyl sites for hydroxylation is 1. The Balaban J connectivity index is 1.76. The molecule has 0 unspecified atom stereocenters. The highest BCUT2D eigenvalue weighted by atomic mass is 32.1. The first kappa shape index (κ1) is 16.3. The van der Waals surface area contributed by atoms with E-state index in [1.54, 1.807) is 6.92 Å². The number of carbonyl (C=O) groups excluding carboxylic acids is 1. The number of nitrogens with two attached hydrogens (primary N) is 1. The summed E-state index contributed by atoms with van der Waals surface area (Å²) in [6, 6.07) is 7.59. The van der Waals surface area contributed by atoms with Crippen LogP contribution in [0.25, 0.3) is 21.1 Å². The summed E-state index contributed by atoms with van der Waals surface area (Å²) >= 11 is 1.23. The van der Waals surface area contributed by atoms with Gasteiger partial charge in [0.25, 0.3) is 5.91 Å². The average molecular weight is 369 g/mol. The maximum absolute atomic E-state index is 12.5. The molecule has 0 aliphatic heterocycles. The molecule has 0 aliphatic carbocycles. The molecule has 132 valence electrons. The van der Waals surface area contributed by atoms with E-state index in [2.05, 4.69) is 25.2 Å². The molecular formula is C17H15N5O3S. The van der Waals surface area contributed by atoms with Crippen LogP contribution in [0.5, 0.6) is 5.75 Å². The van der Waals surface area contributed by atoms with Crippen LogP contribution in [0.1, 0.15) is 22.3 Å². The number of amides is 1. The van der Waals surface area contributed by atoms with E-state index in [4.69, 9.17) is 10.5 Å². The Kier molecular flexibility index (Phi) is 3.92. The molecule has 3 N–H and O–H groups in total. The number of carbonyl (C=O) groups is 1. The zero-order chi connectivity index (χ0) is 18.3. The predicted molar refractivity (Wildman–Crippen MR) is 99.7 cm³/mol. The van der Waals surface area contributed by atoms with Gasteiger partial charge in [-0.3, -0.25) is 4.79 Å². The highest BCUT2D eigenvalue weighted by Crippen LogP contribution is 2.35. The van der Waals surface area contributed by atoms with E-state index in [1.807, 2.05) is 31.2 Å². The molecule has 0 fully saturated rings. The van der Waals surface area contributed by atoms with Gasteiger partial charge in [0.15, 0.2) is 0 Å². The molecular weight excluding hydrogens is 354 g/mol. The van der Waals surface area contributed by atoms with Crippen molar-refractivity contribution in [2.75, 3.05) is 17.7 Å². The minimum absolute atomic E-state index is 0.270. The lowest BCUT2D eigenvalue weighted by Gasteiger charge is -2.04. The van der Waals surface area contributed by atoms with Crippen molar-refractivity contribution >= 4 is 49.9 Å². The molecule has 0 spiro atoms. The number of aromatic nitrogens is 3. The number of benzene rings is 1. The fourth-order valence-corrected chi connectivity index (χ4v) is 3.60. The second-order valence-corrected chi connectivity index (χ2v) is 6.62. The first-order valence-corrected chi connectivity index (χ1v) is 8.74. The van der Waals surface area contributed by atoms with E-state index in [9.17, 15) is 4.79 Å². The van der Waals surface area contributed by atoms with Crippen LogP contribution in [0, 0.1) is 6.92 Å². The summed E-state index contributed by atoms with van der Waals surface area (Å²) < 4.78 is 10.1. The maximum Gasteiger partial charge on any atom is 0.269 e. The van der Waals surface area contributed by atoms with Gasteiger partial charge in [0.2, 0.25) is 5.82 Å². The van der Waals surface area contributed by atoms with Crippen molar-refractivity contribution < 1.29 is 14.2 Å². The Labute approximate surface area is 151 Å². The van der Waals surface area contributed by atoms with Crippen molar-refractivity contribution in [3.63, 3.8) is 0 Å². The fraction of sp³-hybridized carbons (Fsp3) is 0.176. The van der Waals surface area contributed by atoms with Gasteiger partial charge >= 0.3 is 0 Å². The molecule has 0 radical (unpaired) electrons. The van der Waals surface area contributed by atoms with Gasteiger partial charge in [-0.2, -0.15) is 0 Å². The molecule has 1 aromatic carbocycles. The van der Waals surface area contributed by atoms with Crippen molar-refractivity contribution in [3.8, 4) is 5.75 Å². The summed E-state index contributed by atoms with van der Waals surface area (Å²) in [5, 5.41) is 11.6. The summed E-state index contributed by atoms with van der Waals surface area (Å²) in [7, 11) is 0. The third-order valence-electron chi connectivity index (χ3n) is 3.89. The molecule has 1 amide bonds. The number of thiophene rings is 1. The summed E-state index contributed by atoms with van der Waals surface area (Å²) in [5.74, 6) is 0.664. The number of fused-ring (bicyclic) bond motifs is 2. The number of nitrogen functional groups attached to an aromatic ring is 1. The van der Waals surface area contributed by atoms with E-state index in [1.165, 1.54) is 11.3 Å². The van der Waals surface area contributed by atoms with Gasteiger partial charge in [-0.1, -0.05) is 5.16 Å². The quantitative estimate of drug-likeness (QED) is 0.566. The number of hydrogen-bond donors (Lipinski definition) is 2. The average Bonchev–Trinajstić information content (AvgIpc) is 3.17. The second kappa shape index (κ2) is 6.26. The maximum atomic E-state index is 12.5. The fourth-order valence-electron chi connectivity index (χ4n) is 2.62.